The summed E-state index contributed by atoms with van der Waals surface area (Å²) in [5, 5.41) is 0. The second-order valence-electron chi connectivity index (χ2n) is 11.1. The summed E-state index contributed by atoms with van der Waals surface area (Å²) in [6.45, 7) is 9.16. The Hall–Kier alpha value is -1.59. The van der Waals surface area contributed by atoms with Crippen LogP contribution in [0.1, 0.15) is 86.0 Å². The highest BCUT2D eigenvalue weighted by atomic mass is 16.6. The van der Waals surface area contributed by atoms with E-state index in [1.807, 2.05) is 0 Å². The van der Waals surface area contributed by atoms with Crippen molar-refractivity contribution in [2.75, 3.05) is 0 Å². The largest absolute Gasteiger partial charge is 0.463 e. The van der Waals surface area contributed by atoms with Gasteiger partial charge in [0, 0.05) is 32.1 Å². The van der Waals surface area contributed by atoms with E-state index in [9.17, 15) is 14.4 Å². The summed E-state index contributed by atoms with van der Waals surface area (Å²) < 4.78 is 17.3. The standard InChI is InChI=1S/C25H38O6/c1-14(26)29-17-8-10-24(4)20-9-11-25(5)19(6-7-23(25)31-16(3)28)18(20)13-22(21(24)12-17)30-15(2)27/h17-23H,6-13H2,1-5H3/t17-,18-,19+,20-,21+,22-,23+,24+,25-/m0/s1. The Labute approximate surface area is 185 Å². The van der Waals surface area contributed by atoms with E-state index < -0.39 is 0 Å². The SMILES string of the molecule is CC(=O)O[C@H]1CC[C@@]2(C)[C@H](C1)[C@@H](OC(C)=O)C[C@H]1[C@H]3CC[C@@H](OC(C)=O)[C@@]3(C)CC[C@@H]12. The molecule has 0 heterocycles. The van der Waals surface area contributed by atoms with Crippen molar-refractivity contribution in [3.63, 3.8) is 0 Å². The lowest BCUT2D eigenvalue weighted by atomic mass is 9.44. The molecular formula is C25H38O6. The molecule has 0 aliphatic heterocycles. The molecule has 0 aromatic heterocycles. The number of rotatable bonds is 3. The maximum Gasteiger partial charge on any atom is 0.302 e. The average Bonchev–Trinajstić information content (AvgIpc) is 2.98. The lowest BCUT2D eigenvalue weighted by molar-refractivity contribution is -0.200. The molecule has 6 nitrogen and oxygen atoms in total. The van der Waals surface area contributed by atoms with E-state index in [1.54, 1.807) is 0 Å². The van der Waals surface area contributed by atoms with Crippen LogP contribution in [0.3, 0.4) is 0 Å². The molecule has 0 bridgehead atoms. The number of carbonyl (C=O) groups excluding carboxylic acids is 3. The third-order valence-corrected chi connectivity index (χ3v) is 9.48. The minimum absolute atomic E-state index is 0.00570. The van der Waals surface area contributed by atoms with Crippen LogP contribution in [-0.4, -0.2) is 36.2 Å². The topological polar surface area (TPSA) is 78.9 Å². The number of hydrogen-bond acceptors (Lipinski definition) is 6. The summed E-state index contributed by atoms with van der Waals surface area (Å²) in [4.78, 5) is 35.3. The first-order valence-corrected chi connectivity index (χ1v) is 12.1. The monoisotopic (exact) mass is 434 g/mol. The average molecular weight is 435 g/mol. The van der Waals surface area contributed by atoms with Crippen molar-refractivity contribution in [2.24, 2.45) is 34.5 Å². The van der Waals surface area contributed by atoms with Crippen molar-refractivity contribution < 1.29 is 28.6 Å². The first-order chi connectivity index (χ1) is 14.5. The molecule has 31 heavy (non-hydrogen) atoms. The quantitative estimate of drug-likeness (QED) is 0.483. The Balaban J connectivity index is 1.62. The van der Waals surface area contributed by atoms with Gasteiger partial charge in [0.05, 0.1) is 0 Å². The summed E-state index contributed by atoms with van der Waals surface area (Å²) in [6.07, 6.45) is 7.46. The number of hydrogen-bond donors (Lipinski definition) is 0. The van der Waals surface area contributed by atoms with Gasteiger partial charge in [-0.05, 0) is 74.5 Å². The Morgan fingerprint density at radius 3 is 1.94 bits per heavy atom. The van der Waals surface area contributed by atoms with Gasteiger partial charge in [-0.25, -0.2) is 0 Å². The summed E-state index contributed by atoms with van der Waals surface area (Å²) in [5.74, 6) is 1.08. The highest BCUT2D eigenvalue weighted by Gasteiger charge is 2.63. The molecule has 174 valence electrons. The lowest BCUT2D eigenvalue weighted by Crippen LogP contribution is -2.59. The van der Waals surface area contributed by atoms with Crippen LogP contribution in [0.2, 0.25) is 0 Å². The molecule has 0 unspecified atom stereocenters. The molecule has 0 N–H and O–H groups in total. The van der Waals surface area contributed by atoms with E-state index in [2.05, 4.69) is 13.8 Å². The molecule has 0 aromatic carbocycles. The van der Waals surface area contributed by atoms with E-state index in [-0.39, 0.29) is 53.0 Å². The van der Waals surface area contributed by atoms with Crippen molar-refractivity contribution in [3.05, 3.63) is 0 Å². The van der Waals surface area contributed by atoms with Gasteiger partial charge >= 0.3 is 17.9 Å². The van der Waals surface area contributed by atoms with Gasteiger partial charge in [0.25, 0.3) is 0 Å². The molecule has 9 atom stereocenters. The zero-order valence-corrected chi connectivity index (χ0v) is 19.6. The minimum Gasteiger partial charge on any atom is -0.463 e. The van der Waals surface area contributed by atoms with Gasteiger partial charge in [-0.15, -0.1) is 0 Å². The van der Waals surface area contributed by atoms with Crippen LogP contribution < -0.4 is 0 Å². The predicted molar refractivity (Wildman–Crippen MR) is 114 cm³/mol. The zero-order valence-electron chi connectivity index (χ0n) is 19.6. The van der Waals surface area contributed by atoms with Gasteiger partial charge in [0.2, 0.25) is 0 Å². The first-order valence-electron chi connectivity index (χ1n) is 12.1. The third-order valence-electron chi connectivity index (χ3n) is 9.48. The van der Waals surface area contributed by atoms with E-state index in [4.69, 9.17) is 14.2 Å². The van der Waals surface area contributed by atoms with Gasteiger partial charge in [-0.1, -0.05) is 13.8 Å². The molecule has 4 aliphatic rings. The molecule has 4 saturated carbocycles. The number of carbonyl (C=O) groups is 3. The smallest absolute Gasteiger partial charge is 0.302 e. The molecule has 4 aliphatic carbocycles. The predicted octanol–water partition coefficient (Wildman–Crippen LogP) is 4.43. The van der Waals surface area contributed by atoms with Crippen LogP contribution in [0.15, 0.2) is 0 Å². The molecule has 0 aromatic rings. The first kappa shape index (κ1) is 22.6. The Kier molecular flexibility index (Phi) is 5.89. The summed E-state index contributed by atoms with van der Waals surface area (Å²) in [7, 11) is 0. The van der Waals surface area contributed by atoms with E-state index >= 15 is 0 Å². The molecule has 0 radical (unpaired) electrons. The molecule has 0 saturated heterocycles. The van der Waals surface area contributed by atoms with E-state index in [0.29, 0.717) is 17.8 Å². The molecule has 6 heteroatoms. The molecular weight excluding hydrogens is 396 g/mol. The summed E-state index contributed by atoms with van der Waals surface area (Å²) >= 11 is 0. The number of esters is 3. The van der Waals surface area contributed by atoms with Crippen LogP contribution in [0, 0.1) is 34.5 Å². The highest BCUT2D eigenvalue weighted by Crippen LogP contribution is 2.67. The second-order valence-corrected chi connectivity index (χ2v) is 11.1. The van der Waals surface area contributed by atoms with Crippen molar-refractivity contribution in [1.82, 2.24) is 0 Å². The Morgan fingerprint density at radius 2 is 1.29 bits per heavy atom. The van der Waals surface area contributed by atoms with Crippen molar-refractivity contribution in [1.29, 1.82) is 0 Å². The van der Waals surface area contributed by atoms with Crippen molar-refractivity contribution >= 4 is 17.9 Å². The minimum atomic E-state index is -0.234. The maximum atomic E-state index is 12.0. The third kappa shape index (κ3) is 3.89. The van der Waals surface area contributed by atoms with Crippen LogP contribution in [0.25, 0.3) is 0 Å². The maximum absolute atomic E-state index is 12.0. The normalized spacial score (nSPS) is 46.2. The molecule has 4 rings (SSSR count). The second kappa shape index (κ2) is 8.08. The van der Waals surface area contributed by atoms with Crippen LogP contribution in [-0.2, 0) is 28.6 Å². The fourth-order valence-corrected chi connectivity index (χ4v) is 8.26. The van der Waals surface area contributed by atoms with Crippen LogP contribution in [0.4, 0.5) is 0 Å². The van der Waals surface area contributed by atoms with Gasteiger partial charge in [-0.3, -0.25) is 14.4 Å². The van der Waals surface area contributed by atoms with Gasteiger partial charge in [0.1, 0.15) is 18.3 Å². The van der Waals surface area contributed by atoms with Crippen molar-refractivity contribution in [3.8, 4) is 0 Å². The molecule has 0 amide bonds. The Bertz CT molecular complexity index is 748. The zero-order chi connectivity index (χ0) is 22.6. The van der Waals surface area contributed by atoms with Gasteiger partial charge < -0.3 is 14.2 Å². The van der Waals surface area contributed by atoms with Crippen LogP contribution in [0.5, 0.6) is 0 Å². The lowest BCUT2D eigenvalue weighted by Gasteiger charge is -2.62. The van der Waals surface area contributed by atoms with Crippen molar-refractivity contribution in [2.45, 2.75) is 104 Å². The van der Waals surface area contributed by atoms with Gasteiger partial charge in [-0.2, -0.15) is 0 Å². The number of fused-ring (bicyclic) bond motifs is 5. The van der Waals surface area contributed by atoms with Crippen LogP contribution >= 0.6 is 0 Å². The fourth-order valence-electron chi connectivity index (χ4n) is 8.26. The van der Waals surface area contributed by atoms with Gasteiger partial charge in [0.15, 0.2) is 0 Å². The van der Waals surface area contributed by atoms with E-state index in [1.165, 1.54) is 20.8 Å². The fraction of sp³-hybridized carbons (Fsp3) is 0.880. The molecule has 4 fully saturated rings. The van der Waals surface area contributed by atoms with E-state index in [0.717, 1.165) is 51.4 Å². The molecule has 0 spiro atoms. The Morgan fingerprint density at radius 1 is 0.677 bits per heavy atom. The summed E-state index contributed by atoms with van der Waals surface area (Å²) in [5.41, 5.74) is 0.0757. The number of ether oxygens (including phenoxy) is 3. The summed E-state index contributed by atoms with van der Waals surface area (Å²) in [6, 6.07) is 0. The highest BCUT2D eigenvalue weighted by molar-refractivity contribution is 5.67.